The molecule has 0 bridgehead atoms. The number of amides is 1. The van der Waals surface area contributed by atoms with Crippen LogP contribution in [0, 0.1) is 17.5 Å². The number of carbonyl (C=O) groups is 1. The van der Waals surface area contributed by atoms with E-state index in [1.54, 1.807) is 0 Å². The topological polar surface area (TPSA) is 82.2 Å². The number of H-pyrrole nitrogens is 1. The number of benzene rings is 2. The molecule has 0 saturated heterocycles. The molecule has 0 unspecified atom stereocenters. The first kappa shape index (κ1) is 22.8. The maximum atomic E-state index is 13.8. The lowest BCUT2D eigenvalue weighted by Crippen LogP contribution is -2.47. The Bertz CT molecular complexity index is 1200. The van der Waals surface area contributed by atoms with Gasteiger partial charge in [-0.3, -0.25) is 9.89 Å². The Kier molecular flexibility index (Phi) is 6.42. The number of carbonyl (C=O) groups excluding carboxylic acids is 1. The summed E-state index contributed by atoms with van der Waals surface area (Å²) in [5.74, 6) is -2.35. The molecule has 33 heavy (non-hydrogen) atoms. The predicted octanol–water partition coefficient (Wildman–Crippen LogP) is 5.68. The molecule has 0 radical (unpaired) electrons. The van der Waals surface area contributed by atoms with Gasteiger partial charge < -0.3 is 10.6 Å². The van der Waals surface area contributed by atoms with Gasteiger partial charge in [0.15, 0.2) is 0 Å². The van der Waals surface area contributed by atoms with E-state index in [2.05, 4.69) is 25.8 Å². The minimum Gasteiger partial charge on any atom is -0.351 e. The second kappa shape index (κ2) is 9.27. The molecule has 1 aliphatic carbocycles. The molecule has 1 fully saturated rings. The van der Waals surface area contributed by atoms with Crippen LogP contribution < -0.4 is 10.6 Å². The normalized spacial score (nSPS) is 15.5. The van der Waals surface area contributed by atoms with Crippen molar-refractivity contribution in [2.45, 2.75) is 38.1 Å². The molecule has 2 aromatic carbocycles. The Hall–Kier alpha value is -3.33. The molecule has 3 N–H and O–H groups in total. The molecule has 172 valence electrons. The van der Waals surface area contributed by atoms with Crippen molar-refractivity contribution in [2.24, 2.45) is 4.99 Å². The summed E-state index contributed by atoms with van der Waals surface area (Å²) in [6.07, 6.45) is 3.83. The fourth-order valence-corrected chi connectivity index (χ4v) is 3.93. The Morgan fingerprint density at radius 2 is 1.79 bits per heavy atom. The highest BCUT2D eigenvalue weighted by atomic mass is 35.5. The Morgan fingerprint density at radius 1 is 1.09 bits per heavy atom. The van der Waals surface area contributed by atoms with Gasteiger partial charge in [0, 0.05) is 28.8 Å². The molecular weight excluding hydrogens is 455 g/mol. The van der Waals surface area contributed by atoms with E-state index in [0.29, 0.717) is 11.5 Å². The van der Waals surface area contributed by atoms with Gasteiger partial charge in [-0.05, 0) is 50.1 Å². The SMILES string of the molecule is CC1(N/C(=N/C(=O)c2ccc(Cl)c(F)c2)Nc2cc(-c3cc(F)cc(F)c3)n[nH]2)CCCC1. The van der Waals surface area contributed by atoms with Gasteiger partial charge in [-0.1, -0.05) is 24.4 Å². The maximum Gasteiger partial charge on any atom is 0.280 e. The zero-order valence-corrected chi connectivity index (χ0v) is 18.4. The first-order valence-electron chi connectivity index (χ1n) is 10.4. The molecule has 0 spiro atoms. The second-order valence-electron chi connectivity index (χ2n) is 8.24. The van der Waals surface area contributed by atoms with Crippen LogP contribution in [0.4, 0.5) is 19.0 Å². The highest BCUT2D eigenvalue weighted by Crippen LogP contribution is 2.29. The molecule has 0 aliphatic heterocycles. The van der Waals surface area contributed by atoms with Crippen molar-refractivity contribution in [1.82, 2.24) is 15.5 Å². The summed E-state index contributed by atoms with van der Waals surface area (Å²) < 4.78 is 40.9. The summed E-state index contributed by atoms with van der Waals surface area (Å²) in [5.41, 5.74) is 0.300. The molecule has 1 aromatic heterocycles. The number of aromatic nitrogens is 2. The second-order valence-corrected chi connectivity index (χ2v) is 8.64. The lowest BCUT2D eigenvalue weighted by atomic mass is 10.0. The monoisotopic (exact) mass is 475 g/mol. The third-order valence-electron chi connectivity index (χ3n) is 5.50. The van der Waals surface area contributed by atoms with Crippen LogP contribution in [-0.2, 0) is 0 Å². The molecule has 10 heteroatoms. The lowest BCUT2D eigenvalue weighted by Gasteiger charge is -2.27. The van der Waals surface area contributed by atoms with Crippen LogP contribution >= 0.6 is 11.6 Å². The van der Waals surface area contributed by atoms with Crippen molar-refractivity contribution in [1.29, 1.82) is 0 Å². The predicted molar refractivity (Wildman–Crippen MR) is 121 cm³/mol. The van der Waals surface area contributed by atoms with Crippen LogP contribution in [0.3, 0.4) is 0 Å². The average molecular weight is 476 g/mol. The minimum absolute atomic E-state index is 0.0371. The number of nitrogens with zero attached hydrogens (tertiary/aromatic N) is 2. The van der Waals surface area contributed by atoms with Crippen LogP contribution in [0.2, 0.25) is 5.02 Å². The van der Waals surface area contributed by atoms with Gasteiger partial charge in [-0.15, -0.1) is 0 Å². The fourth-order valence-electron chi connectivity index (χ4n) is 3.81. The Morgan fingerprint density at radius 3 is 2.45 bits per heavy atom. The van der Waals surface area contributed by atoms with Crippen molar-refractivity contribution in [2.75, 3.05) is 5.32 Å². The van der Waals surface area contributed by atoms with E-state index < -0.39 is 23.4 Å². The smallest absolute Gasteiger partial charge is 0.280 e. The van der Waals surface area contributed by atoms with Gasteiger partial charge in [0.05, 0.1) is 10.7 Å². The largest absolute Gasteiger partial charge is 0.351 e. The first-order valence-corrected chi connectivity index (χ1v) is 10.7. The van der Waals surface area contributed by atoms with Gasteiger partial charge in [0.1, 0.15) is 23.3 Å². The van der Waals surface area contributed by atoms with Crippen LogP contribution in [-0.4, -0.2) is 27.6 Å². The summed E-state index contributed by atoms with van der Waals surface area (Å²) in [7, 11) is 0. The summed E-state index contributed by atoms with van der Waals surface area (Å²) in [6.45, 7) is 2.03. The van der Waals surface area contributed by atoms with E-state index in [-0.39, 0.29) is 27.6 Å². The number of guanidine groups is 1. The third-order valence-corrected chi connectivity index (χ3v) is 5.80. The highest BCUT2D eigenvalue weighted by Gasteiger charge is 2.30. The summed E-state index contributed by atoms with van der Waals surface area (Å²) in [4.78, 5) is 16.8. The molecule has 1 heterocycles. The minimum atomic E-state index is -0.721. The van der Waals surface area contributed by atoms with E-state index in [4.69, 9.17) is 11.6 Å². The molecule has 3 aromatic rings. The molecular formula is C23H21ClF3N5O. The number of rotatable bonds is 4. The van der Waals surface area contributed by atoms with Crippen molar-refractivity contribution in [3.8, 4) is 11.3 Å². The third kappa shape index (κ3) is 5.54. The van der Waals surface area contributed by atoms with Gasteiger partial charge in [0.25, 0.3) is 5.91 Å². The first-order chi connectivity index (χ1) is 15.7. The van der Waals surface area contributed by atoms with Crippen LogP contribution in [0.25, 0.3) is 11.3 Å². The zero-order valence-electron chi connectivity index (χ0n) is 17.7. The van der Waals surface area contributed by atoms with Crippen LogP contribution in [0.15, 0.2) is 47.5 Å². The number of hydrogen-bond donors (Lipinski definition) is 3. The van der Waals surface area contributed by atoms with Crippen LogP contribution in [0.1, 0.15) is 43.0 Å². The van der Waals surface area contributed by atoms with E-state index in [1.807, 2.05) is 6.92 Å². The molecule has 6 nitrogen and oxygen atoms in total. The molecule has 1 saturated carbocycles. The van der Waals surface area contributed by atoms with Gasteiger partial charge in [0.2, 0.25) is 5.96 Å². The van der Waals surface area contributed by atoms with Crippen molar-refractivity contribution >= 4 is 29.3 Å². The number of aliphatic imine (C=N–C) groups is 1. The fraction of sp³-hybridized carbons (Fsp3) is 0.261. The summed E-state index contributed by atoms with van der Waals surface area (Å²) >= 11 is 5.70. The van der Waals surface area contributed by atoms with Gasteiger partial charge in [-0.2, -0.15) is 10.1 Å². The quantitative estimate of drug-likeness (QED) is 0.335. The molecule has 4 rings (SSSR count). The van der Waals surface area contributed by atoms with Crippen LogP contribution in [0.5, 0.6) is 0 Å². The van der Waals surface area contributed by atoms with E-state index in [9.17, 15) is 18.0 Å². The maximum absolute atomic E-state index is 13.8. The lowest BCUT2D eigenvalue weighted by molar-refractivity contribution is 0.100. The zero-order chi connectivity index (χ0) is 23.6. The number of halogens is 4. The van der Waals surface area contributed by atoms with Crippen molar-refractivity contribution in [3.63, 3.8) is 0 Å². The van der Waals surface area contributed by atoms with E-state index in [1.165, 1.54) is 18.2 Å². The van der Waals surface area contributed by atoms with Gasteiger partial charge >= 0.3 is 0 Å². The van der Waals surface area contributed by atoms with Gasteiger partial charge in [-0.25, -0.2) is 13.2 Å². The molecule has 1 aliphatic rings. The standard InChI is InChI=1S/C23H21ClF3N5O/c1-23(6-2-3-7-23)30-22(29-21(33)13-4-5-17(24)18(27)10-13)28-20-12-19(31-32-20)14-8-15(25)11-16(26)9-14/h4-5,8-12H,2-3,6-7H2,1H3,(H3,28,29,30,31,32,33). The molecule has 0 atom stereocenters. The number of anilines is 1. The number of hydrogen-bond acceptors (Lipinski definition) is 2. The van der Waals surface area contributed by atoms with Crippen molar-refractivity contribution in [3.05, 3.63) is 70.5 Å². The Labute approximate surface area is 193 Å². The Balaban J connectivity index is 1.61. The van der Waals surface area contributed by atoms with E-state index >= 15 is 0 Å². The summed E-state index contributed by atoms with van der Waals surface area (Å²) in [5, 5.41) is 12.9. The van der Waals surface area contributed by atoms with E-state index in [0.717, 1.165) is 49.9 Å². The highest BCUT2D eigenvalue weighted by molar-refractivity contribution is 6.30. The van der Waals surface area contributed by atoms with Crippen molar-refractivity contribution < 1.29 is 18.0 Å². The molecule has 1 amide bonds. The number of aromatic amines is 1. The summed E-state index contributed by atoms with van der Waals surface area (Å²) in [6, 6.07) is 8.34. The average Bonchev–Trinajstić information content (AvgIpc) is 3.38. The number of nitrogens with one attached hydrogen (secondary N) is 3.